The zero-order chi connectivity index (χ0) is 18.8. The second-order valence-electron chi connectivity index (χ2n) is 6.28. The maximum atomic E-state index is 13.8. The van der Waals surface area contributed by atoms with Gasteiger partial charge in [0.05, 0.1) is 5.92 Å². The van der Waals surface area contributed by atoms with Crippen molar-refractivity contribution in [3.63, 3.8) is 0 Å². The number of carbonyl (C=O) groups is 2. The summed E-state index contributed by atoms with van der Waals surface area (Å²) >= 11 is 0. The first kappa shape index (κ1) is 18.0. The van der Waals surface area contributed by atoms with Gasteiger partial charge in [-0.05, 0) is 41.7 Å². The molecule has 2 aromatic rings. The van der Waals surface area contributed by atoms with Crippen LogP contribution in [0, 0.1) is 23.4 Å². The normalized spacial score (nSPS) is 19.7. The first-order chi connectivity index (χ1) is 12.4. The van der Waals surface area contributed by atoms with Crippen LogP contribution >= 0.6 is 0 Å². The van der Waals surface area contributed by atoms with Gasteiger partial charge in [-0.2, -0.15) is 0 Å². The molecule has 1 fully saturated rings. The molecule has 7 heteroatoms. The molecule has 2 aromatic carbocycles. The Labute approximate surface area is 147 Å². The molecule has 1 amide bonds. The van der Waals surface area contributed by atoms with E-state index in [9.17, 15) is 27.9 Å². The molecule has 0 bridgehead atoms. The molecule has 0 heterocycles. The molecule has 0 radical (unpaired) electrons. The van der Waals surface area contributed by atoms with Crippen molar-refractivity contribution in [2.24, 2.45) is 5.92 Å². The van der Waals surface area contributed by atoms with Gasteiger partial charge in [-0.1, -0.05) is 24.3 Å². The van der Waals surface area contributed by atoms with Crippen molar-refractivity contribution in [1.29, 1.82) is 0 Å². The largest absolute Gasteiger partial charge is 0.481 e. The van der Waals surface area contributed by atoms with Crippen LogP contribution in [0.15, 0.2) is 42.5 Å². The summed E-state index contributed by atoms with van der Waals surface area (Å²) in [6.07, 6.45) is 0.375. The summed E-state index contributed by atoms with van der Waals surface area (Å²) in [4.78, 5) is 23.6. The van der Waals surface area contributed by atoms with E-state index in [1.165, 1.54) is 24.3 Å². The average Bonchev–Trinajstić information content (AvgIpc) is 3.39. The lowest BCUT2D eigenvalue weighted by Gasteiger charge is -2.14. The number of amides is 1. The summed E-state index contributed by atoms with van der Waals surface area (Å²) < 4.78 is 40.0. The summed E-state index contributed by atoms with van der Waals surface area (Å²) in [7, 11) is 0. The van der Waals surface area contributed by atoms with Crippen LogP contribution in [0.4, 0.5) is 13.2 Å². The third kappa shape index (κ3) is 3.71. The molecule has 26 heavy (non-hydrogen) atoms. The van der Waals surface area contributed by atoms with E-state index in [4.69, 9.17) is 0 Å². The van der Waals surface area contributed by atoms with Crippen LogP contribution in [0.1, 0.15) is 29.4 Å². The zero-order valence-electron chi connectivity index (χ0n) is 13.6. The Bertz CT molecular complexity index is 838. The fraction of sp³-hybridized carbons (Fsp3) is 0.263. The van der Waals surface area contributed by atoms with Crippen LogP contribution in [-0.2, 0) is 9.59 Å². The Kier molecular flexibility index (Phi) is 4.97. The van der Waals surface area contributed by atoms with E-state index in [1.807, 2.05) is 0 Å². The number of aliphatic carboxylic acids is 1. The first-order valence-electron chi connectivity index (χ1n) is 8.08. The highest BCUT2D eigenvalue weighted by Crippen LogP contribution is 2.48. The average molecular weight is 363 g/mol. The smallest absolute Gasteiger partial charge is 0.312 e. The first-order valence-corrected chi connectivity index (χ1v) is 8.08. The number of carboxylic acids is 1. The standard InChI is InChI=1S/C19H16F3NO3/c20-11-6-4-10(5-7-11)15(19(25)26)9-23-18(24)14-8-13(14)12-2-1-3-16(21)17(12)22/h1-7,13-15H,8-9H2,(H,23,24)(H,25,26). The van der Waals surface area contributed by atoms with Crippen LogP contribution in [0.2, 0.25) is 0 Å². The van der Waals surface area contributed by atoms with Gasteiger partial charge >= 0.3 is 5.97 Å². The molecular formula is C19H16F3NO3. The van der Waals surface area contributed by atoms with Crippen molar-refractivity contribution in [3.05, 3.63) is 71.0 Å². The van der Waals surface area contributed by atoms with Crippen molar-refractivity contribution in [2.75, 3.05) is 6.54 Å². The van der Waals surface area contributed by atoms with Crippen LogP contribution in [0.25, 0.3) is 0 Å². The van der Waals surface area contributed by atoms with Gasteiger partial charge in [0.1, 0.15) is 5.82 Å². The van der Waals surface area contributed by atoms with E-state index in [0.29, 0.717) is 12.0 Å². The highest BCUT2D eigenvalue weighted by molar-refractivity contribution is 5.84. The Balaban J connectivity index is 1.62. The molecule has 0 aliphatic heterocycles. The van der Waals surface area contributed by atoms with Gasteiger partial charge in [0.2, 0.25) is 5.91 Å². The molecule has 1 saturated carbocycles. The molecule has 3 atom stereocenters. The van der Waals surface area contributed by atoms with E-state index >= 15 is 0 Å². The van der Waals surface area contributed by atoms with Crippen molar-refractivity contribution >= 4 is 11.9 Å². The molecule has 2 N–H and O–H groups in total. The molecule has 136 valence electrons. The Morgan fingerprint density at radius 3 is 2.46 bits per heavy atom. The van der Waals surface area contributed by atoms with Gasteiger partial charge in [-0.15, -0.1) is 0 Å². The van der Waals surface area contributed by atoms with Gasteiger partial charge in [-0.3, -0.25) is 9.59 Å². The predicted octanol–water partition coefficient (Wildman–Crippen LogP) is 3.19. The van der Waals surface area contributed by atoms with Crippen molar-refractivity contribution < 1.29 is 27.9 Å². The highest BCUT2D eigenvalue weighted by Gasteiger charge is 2.45. The monoisotopic (exact) mass is 363 g/mol. The van der Waals surface area contributed by atoms with Gasteiger partial charge in [0.25, 0.3) is 0 Å². The van der Waals surface area contributed by atoms with Crippen molar-refractivity contribution in [1.82, 2.24) is 5.32 Å². The Morgan fingerprint density at radius 2 is 1.81 bits per heavy atom. The van der Waals surface area contributed by atoms with Crippen LogP contribution < -0.4 is 5.32 Å². The molecule has 1 aliphatic carbocycles. The summed E-state index contributed by atoms with van der Waals surface area (Å²) in [5.74, 6) is -5.93. The van der Waals surface area contributed by atoms with E-state index in [0.717, 1.165) is 18.2 Å². The maximum absolute atomic E-state index is 13.8. The number of hydrogen-bond donors (Lipinski definition) is 2. The van der Waals surface area contributed by atoms with E-state index < -0.39 is 47.1 Å². The van der Waals surface area contributed by atoms with Gasteiger partial charge in [-0.25, -0.2) is 13.2 Å². The van der Waals surface area contributed by atoms with E-state index in [-0.39, 0.29) is 12.1 Å². The third-order valence-corrected chi connectivity index (χ3v) is 4.56. The molecule has 0 spiro atoms. The zero-order valence-corrected chi connectivity index (χ0v) is 13.6. The lowest BCUT2D eigenvalue weighted by molar-refractivity contribution is -0.138. The predicted molar refractivity (Wildman–Crippen MR) is 87.0 cm³/mol. The number of hydrogen-bond acceptors (Lipinski definition) is 2. The lowest BCUT2D eigenvalue weighted by atomic mass is 9.99. The second-order valence-corrected chi connectivity index (χ2v) is 6.28. The lowest BCUT2D eigenvalue weighted by Crippen LogP contribution is -2.33. The van der Waals surface area contributed by atoms with Crippen LogP contribution in [-0.4, -0.2) is 23.5 Å². The van der Waals surface area contributed by atoms with E-state index in [2.05, 4.69) is 5.32 Å². The Morgan fingerprint density at radius 1 is 1.12 bits per heavy atom. The second kappa shape index (κ2) is 7.19. The number of halogens is 3. The molecule has 1 aliphatic rings. The van der Waals surface area contributed by atoms with Crippen LogP contribution in [0.5, 0.6) is 0 Å². The fourth-order valence-corrected chi connectivity index (χ4v) is 3.01. The Hall–Kier alpha value is -2.83. The molecule has 3 rings (SSSR count). The van der Waals surface area contributed by atoms with Gasteiger partial charge in [0, 0.05) is 12.5 Å². The summed E-state index contributed by atoms with van der Waals surface area (Å²) in [6, 6.07) is 8.83. The fourth-order valence-electron chi connectivity index (χ4n) is 3.01. The molecular weight excluding hydrogens is 347 g/mol. The van der Waals surface area contributed by atoms with Crippen LogP contribution in [0.3, 0.4) is 0 Å². The minimum absolute atomic E-state index is 0.151. The van der Waals surface area contributed by atoms with Gasteiger partial charge in [0.15, 0.2) is 11.6 Å². The molecule has 0 aromatic heterocycles. The highest BCUT2D eigenvalue weighted by atomic mass is 19.2. The quantitative estimate of drug-likeness (QED) is 0.828. The summed E-state index contributed by atoms with van der Waals surface area (Å²) in [5, 5.41) is 11.9. The number of carboxylic acid groups (broad SMARTS) is 1. The summed E-state index contributed by atoms with van der Waals surface area (Å²) in [5.41, 5.74) is 0.515. The number of rotatable bonds is 6. The SMILES string of the molecule is O=C(O)C(CNC(=O)C1CC1c1cccc(F)c1F)c1ccc(F)cc1. The number of benzene rings is 2. The van der Waals surface area contributed by atoms with Crippen molar-refractivity contribution in [3.8, 4) is 0 Å². The topological polar surface area (TPSA) is 66.4 Å². The summed E-state index contributed by atoms with van der Waals surface area (Å²) in [6.45, 7) is -0.172. The van der Waals surface area contributed by atoms with Gasteiger partial charge < -0.3 is 10.4 Å². The number of nitrogens with one attached hydrogen (secondary N) is 1. The molecule has 3 unspecified atom stereocenters. The minimum Gasteiger partial charge on any atom is -0.481 e. The molecule has 0 saturated heterocycles. The maximum Gasteiger partial charge on any atom is 0.312 e. The molecule has 4 nitrogen and oxygen atoms in total. The van der Waals surface area contributed by atoms with Crippen molar-refractivity contribution in [2.45, 2.75) is 18.3 Å². The third-order valence-electron chi connectivity index (χ3n) is 4.56. The minimum atomic E-state index is -1.15. The van der Waals surface area contributed by atoms with E-state index in [1.54, 1.807) is 0 Å². The number of carbonyl (C=O) groups excluding carboxylic acids is 1.